The second-order valence-electron chi connectivity index (χ2n) is 4.96. The molecule has 2 aromatic rings. The second kappa shape index (κ2) is 8.49. The Labute approximate surface area is 146 Å². The van der Waals surface area contributed by atoms with Crippen molar-refractivity contribution in [2.45, 2.75) is 0 Å². The Hall–Kier alpha value is -3.34. The number of hydrogen-bond acceptors (Lipinski definition) is 5. The van der Waals surface area contributed by atoms with Gasteiger partial charge in [-0.2, -0.15) is 0 Å². The first kappa shape index (κ1) is 18.0. The molecule has 5 heteroatoms. The highest BCUT2D eigenvalue weighted by atomic mass is 16.5. The van der Waals surface area contributed by atoms with Gasteiger partial charge >= 0.3 is 5.97 Å². The molecule has 0 aromatic heterocycles. The number of esters is 1. The largest absolute Gasteiger partial charge is 0.493 e. The fraction of sp³-hybridized carbons (Fsp3) is 0.100. The first-order valence-electron chi connectivity index (χ1n) is 7.46. The normalized spacial score (nSPS) is 10.3. The minimum atomic E-state index is -0.549. The van der Waals surface area contributed by atoms with E-state index in [1.807, 2.05) is 6.07 Å². The van der Waals surface area contributed by atoms with Gasteiger partial charge < -0.3 is 14.2 Å². The number of carbonyl (C=O) groups excluding carboxylic acids is 2. The van der Waals surface area contributed by atoms with Gasteiger partial charge in [-0.05, 0) is 48.0 Å². The summed E-state index contributed by atoms with van der Waals surface area (Å²) in [6.45, 7) is 3.32. The molecule has 0 saturated heterocycles. The van der Waals surface area contributed by atoms with Crippen LogP contribution in [0, 0.1) is 0 Å². The minimum Gasteiger partial charge on any atom is -0.493 e. The van der Waals surface area contributed by atoms with Crippen LogP contribution in [0.25, 0.3) is 6.08 Å². The maximum Gasteiger partial charge on any atom is 0.335 e. The van der Waals surface area contributed by atoms with E-state index in [0.717, 1.165) is 11.6 Å². The summed E-state index contributed by atoms with van der Waals surface area (Å²) in [6.07, 6.45) is 4.23. The summed E-state index contributed by atoms with van der Waals surface area (Å²) < 4.78 is 15.4. The van der Waals surface area contributed by atoms with Crippen molar-refractivity contribution in [3.63, 3.8) is 0 Å². The Bertz CT molecular complexity index is 803. The molecule has 0 unspecified atom stereocenters. The van der Waals surface area contributed by atoms with E-state index in [1.165, 1.54) is 6.08 Å². The number of carbonyl (C=O) groups is 2. The molecule has 2 aromatic carbocycles. The molecule has 0 spiro atoms. The number of ether oxygens (including phenoxy) is 3. The maximum atomic E-state index is 12.2. The molecule has 0 aliphatic rings. The van der Waals surface area contributed by atoms with E-state index in [2.05, 4.69) is 6.58 Å². The predicted molar refractivity (Wildman–Crippen MR) is 95.2 cm³/mol. The molecule has 0 N–H and O–H groups in total. The Morgan fingerprint density at radius 2 is 1.64 bits per heavy atom. The van der Waals surface area contributed by atoms with E-state index in [1.54, 1.807) is 56.7 Å². The van der Waals surface area contributed by atoms with Crippen LogP contribution in [0.15, 0.2) is 61.2 Å². The lowest BCUT2D eigenvalue weighted by molar-refractivity contribution is -0.128. The average Bonchev–Trinajstić information content (AvgIpc) is 2.66. The van der Waals surface area contributed by atoms with E-state index < -0.39 is 5.97 Å². The van der Waals surface area contributed by atoms with Gasteiger partial charge in [-0.3, -0.25) is 4.79 Å². The molecule has 0 radical (unpaired) electrons. The number of ketones is 1. The predicted octanol–water partition coefficient (Wildman–Crippen LogP) is 3.69. The van der Waals surface area contributed by atoms with Gasteiger partial charge in [-0.1, -0.05) is 18.7 Å². The molecule has 0 aliphatic heterocycles. The molecule has 128 valence electrons. The zero-order chi connectivity index (χ0) is 18.2. The highest BCUT2D eigenvalue weighted by Gasteiger charge is 2.06. The first-order valence-corrected chi connectivity index (χ1v) is 7.46. The van der Waals surface area contributed by atoms with Crippen LogP contribution in [0.2, 0.25) is 0 Å². The highest BCUT2D eigenvalue weighted by Crippen LogP contribution is 2.28. The molecule has 0 bridgehead atoms. The van der Waals surface area contributed by atoms with Crippen LogP contribution in [0.4, 0.5) is 0 Å². The van der Waals surface area contributed by atoms with E-state index in [0.29, 0.717) is 22.8 Å². The van der Waals surface area contributed by atoms with E-state index in [4.69, 9.17) is 14.2 Å². The lowest BCUT2D eigenvalue weighted by atomic mass is 10.1. The summed E-state index contributed by atoms with van der Waals surface area (Å²) in [5.74, 6) is 0.843. The SMILES string of the molecule is C=CC(=O)Oc1ccc(C(=O)C=Cc2ccc(OC)c(OC)c2)cc1. The second-order valence-corrected chi connectivity index (χ2v) is 4.96. The molecule has 0 heterocycles. The Morgan fingerprint density at radius 3 is 2.24 bits per heavy atom. The number of hydrogen-bond donors (Lipinski definition) is 0. The van der Waals surface area contributed by atoms with Crippen molar-refractivity contribution in [2.24, 2.45) is 0 Å². The van der Waals surface area contributed by atoms with E-state index in [9.17, 15) is 9.59 Å². The van der Waals surface area contributed by atoms with Gasteiger partial charge in [-0.15, -0.1) is 0 Å². The number of benzene rings is 2. The monoisotopic (exact) mass is 338 g/mol. The molecule has 0 amide bonds. The molecule has 0 fully saturated rings. The summed E-state index contributed by atoms with van der Waals surface area (Å²) in [6, 6.07) is 11.7. The van der Waals surface area contributed by atoms with Crippen LogP contribution in [-0.2, 0) is 4.79 Å². The third-order valence-electron chi connectivity index (χ3n) is 3.36. The number of methoxy groups -OCH3 is 2. The van der Waals surface area contributed by atoms with Gasteiger partial charge in [0.15, 0.2) is 17.3 Å². The summed E-state index contributed by atoms with van der Waals surface area (Å²) >= 11 is 0. The van der Waals surface area contributed by atoms with Crippen LogP contribution in [0.1, 0.15) is 15.9 Å². The molecule has 0 saturated carbocycles. The van der Waals surface area contributed by atoms with E-state index >= 15 is 0 Å². The highest BCUT2D eigenvalue weighted by molar-refractivity contribution is 6.06. The molecule has 2 rings (SSSR count). The third-order valence-corrected chi connectivity index (χ3v) is 3.36. The average molecular weight is 338 g/mol. The maximum absolute atomic E-state index is 12.2. The van der Waals surface area contributed by atoms with Gasteiger partial charge in [0, 0.05) is 11.6 Å². The fourth-order valence-electron chi connectivity index (χ4n) is 2.07. The Kier molecular flexibility index (Phi) is 6.12. The zero-order valence-corrected chi connectivity index (χ0v) is 14.0. The molecule has 0 atom stereocenters. The van der Waals surface area contributed by atoms with Crippen LogP contribution >= 0.6 is 0 Å². The van der Waals surface area contributed by atoms with Crippen molar-refractivity contribution in [3.05, 3.63) is 72.3 Å². The van der Waals surface area contributed by atoms with Crippen molar-refractivity contribution in [3.8, 4) is 17.2 Å². The summed E-state index contributed by atoms with van der Waals surface area (Å²) in [4.78, 5) is 23.3. The summed E-state index contributed by atoms with van der Waals surface area (Å²) in [5.41, 5.74) is 1.29. The van der Waals surface area contributed by atoms with Gasteiger partial charge in [0.05, 0.1) is 14.2 Å². The fourth-order valence-corrected chi connectivity index (χ4v) is 2.07. The van der Waals surface area contributed by atoms with Crippen molar-refractivity contribution in [1.82, 2.24) is 0 Å². The Balaban J connectivity index is 2.09. The summed E-state index contributed by atoms with van der Waals surface area (Å²) in [5, 5.41) is 0. The minimum absolute atomic E-state index is 0.170. The number of allylic oxidation sites excluding steroid dienone is 1. The lowest BCUT2D eigenvalue weighted by Gasteiger charge is -2.07. The van der Waals surface area contributed by atoms with Gasteiger partial charge in [0.25, 0.3) is 0 Å². The van der Waals surface area contributed by atoms with Gasteiger partial charge in [0.2, 0.25) is 0 Å². The zero-order valence-electron chi connectivity index (χ0n) is 14.0. The van der Waals surface area contributed by atoms with Gasteiger partial charge in [-0.25, -0.2) is 4.79 Å². The third kappa shape index (κ3) is 4.81. The first-order chi connectivity index (χ1) is 12.1. The molecular weight excluding hydrogens is 320 g/mol. The van der Waals surface area contributed by atoms with E-state index in [-0.39, 0.29) is 5.78 Å². The van der Waals surface area contributed by atoms with Crippen LogP contribution < -0.4 is 14.2 Å². The van der Waals surface area contributed by atoms with Crippen molar-refractivity contribution < 1.29 is 23.8 Å². The van der Waals surface area contributed by atoms with Crippen molar-refractivity contribution in [2.75, 3.05) is 14.2 Å². The lowest BCUT2D eigenvalue weighted by Crippen LogP contribution is -2.03. The van der Waals surface area contributed by atoms with Crippen LogP contribution in [0.5, 0.6) is 17.2 Å². The van der Waals surface area contributed by atoms with Gasteiger partial charge in [0.1, 0.15) is 5.75 Å². The van der Waals surface area contributed by atoms with Crippen LogP contribution in [0.3, 0.4) is 0 Å². The van der Waals surface area contributed by atoms with Crippen LogP contribution in [-0.4, -0.2) is 26.0 Å². The topological polar surface area (TPSA) is 61.8 Å². The molecule has 25 heavy (non-hydrogen) atoms. The van der Waals surface area contributed by atoms with Crippen molar-refractivity contribution in [1.29, 1.82) is 0 Å². The quantitative estimate of drug-likeness (QED) is 0.333. The Morgan fingerprint density at radius 1 is 0.960 bits per heavy atom. The van der Waals surface area contributed by atoms with Crippen molar-refractivity contribution >= 4 is 17.8 Å². The molecule has 0 aliphatic carbocycles. The molecular formula is C20H18O5. The standard InChI is InChI=1S/C20H18O5/c1-4-20(22)25-16-9-7-15(8-10-16)17(21)11-5-14-6-12-18(23-2)19(13-14)24-3/h4-13H,1H2,2-3H3. The molecule has 5 nitrogen and oxygen atoms in total. The smallest absolute Gasteiger partial charge is 0.335 e. The summed E-state index contributed by atoms with van der Waals surface area (Å²) in [7, 11) is 3.12. The number of rotatable bonds is 7.